The first-order valence-corrected chi connectivity index (χ1v) is 7.84. The Labute approximate surface area is 144 Å². The Hall–Kier alpha value is -1.59. The maximum Gasteiger partial charge on any atom is 0.246 e. The second kappa shape index (κ2) is 8.31. The van der Waals surface area contributed by atoms with Crippen LogP contribution in [0, 0.1) is 5.92 Å². The number of anilines is 1. The van der Waals surface area contributed by atoms with E-state index in [4.69, 9.17) is 5.73 Å². The van der Waals surface area contributed by atoms with E-state index in [9.17, 15) is 9.59 Å². The van der Waals surface area contributed by atoms with E-state index in [1.165, 1.54) is 5.56 Å². The Morgan fingerprint density at radius 3 is 2.65 bits per heavy atom. The molecule has 0 bridgehead atoms. The summed E-state index contributed by atoms with van der Waals surface area (Å²) in [5.41, 5.74) is 7.92. The van der Waals surface area contributed by atoms with Crippen LogP contribution in [-0.2, 0) is 9.59 Å². The van der Waals surface area contributed by atoms with Gasteiger partial charge in [-0.2, -0.15) is 0 Å². The summed E-state index contributed by atoms with van der Waals surface area (Å²) in [5.74, 6) is 0.126. The lowest BCUT2D eigenvalue weighted by molar-refractivity contribution is -0.126. The fourth-order valence-corrected chi connectivity index (χ4v) is 2.69. The van der Waals surface area contributed by atoms with E-state index < -0.39 is 6.04 Å². The van der Waals surface area contributed by atoms with E-state index in [-0.39, 0.29) is 36.7 Å². The van der Waals surface area contributed by atoms with Gasteiger partial charge < -0.3 is 16.0 Å². The highest BCUT2D eigenvalue weighted by molar-refractivity contribution is 5.98. The SMILES string of the molecule is CC1CCN(C(=O)CNC(=O)[C@@H](N)C(C)C)c2ccccc21.Cl. The molecule has 1 unspecified atom stereocenters. The van der Waals surface area contributed by atoms with Crippen LogP contribution in [0.1, 0.15) is 38.7 Å². The van der Waals surface area contributed by atoms with Gasteiger partial charge in [-0.3, -0.25) is 9.59 Å². The third kappa shape index (κ3) is 4.45. The molecule has 5 nitrogen and oxygen atoms in total. The van der Waals surface area contributed by atoms with E-state index in [0.717, 1.165) is 12.1 Å². The Balaban J connectivity index is 0.00000264. The Kier molecular flexibility index (Phi) is 7.03. The molecule has 6 heteroatoms. The molecule has 1 heterocycles. The predicted molar refractivity (Wildman–Crippen MR) is 94.9 cm³/mol. The van der Waals surface area contributed by atoms with Crippen LogP contribution >= 0.6 is 12.4 Å². The van der Waals surface area contributed by atoms with E-state index in [2.05, 4.69) is 18.3 Å². The number of hydrogen-bond acceptors (Lipinski definition) is 3. The fourth-order valence-electron chi connectivity index (χ4n) is 2.69. The van der Waals surface area contributed by atoms with Crippen molar-refractivity contribution in [3.8, 4) is 0 Å². The fraction of sp³-hybridized carbons (Fsp3) is 0.529. The summed E-state index contributed by atoms with van der Waals surface area (Å²) in [7, 11) is 0. The summed E-state index contributed by atoms with van der Waals surface area (Å²) >= 11 is 0. The van der Waals surface area contributed by atoms with Gasteiger partial charge >= 0.3 is 0 Å². The van der Waals surface area contributed by atoms with Crippen molar-refractivity contribution >= 4 is 29.9 Å². The van der Waals surface area contributed by atoms with Gasteiger partial charge in [-0.15, -0.1) is 12.4 Å². The third-order valence-corrected chi connectivity index (χ3v) is 4.28. The molecule has 1 aliphatic heterocycles. The third-order valence-electron chi connectivity index (χ3n) is 4.28. The first-order chi connectivity index (χ1) is 10.4. The standard InChI is InChI=1S/C17H25N3O2.ClH/c1-11(2)16(18)17(22)19-10-15(21)20-9-8-12(3)13-6-4-5-7-14(13)20;/h4-7,11-12,16H,8-10,18H2,1-3H3,(H,19,22);1H/t12?,16-;/m0./s1. The number of hydrogen-bond donors (Lipinski definition) is 2. The molecule has 0 aliphatic carbocycles. The van der Waals surface area contributed by atoms with Gasteiger partial charge in [-0.05, 0) is 29.9 Å². The van der Waals surface area contributed by atoms with Gasteiger partial charge in [0.25, 0.3) is 0 Å². The quantitative estimate of drug-likeness (QED) is 0.881. The minimum Gasteiger partial charge on any atom is -0.346 e. The van der Waals surface area contributed by atoms with E-state index in [0.29, 0.717) is 12.5 Å². The molecule has 23 heavy (non-hydrogen) atoms. The van der Waals surface area contributed by atoms with Crippen LogP contribution in [0.25, 0.3) is 0 Å². The van der Waals surface area contributed by atoms with Crippen LogP contribution in [0.2, 0.25) is 0 Å². The second-order valence-corrected chi connectivity index (χ2v) is 6.28. The topological polar surface area (TPSA) is 75.4 Å². The Morgan fingerprint density at radius 2 is 2.00 bits per heavy atom. The van der Waals surface area contributed by atoms with Crippen molar-refractivity contribution in [3.05, 3.63) is 29.8 Å². The van der Waals surface area contributed by atoms with E-state index in [1.54, 1.807) is 4.90 Å². The Bertz CT molecular complexity index is 563. The lowest BCUT2D eigenvalue weighted by Crippen LogP contribution is -2.48. The highest BCUT2D eigenvalue weighted by atomic mass is 35.5. The summed E-state index contributed by atoms with van der Waals surface area (Å²) in [5, 5.41) is 2.65. The van der Waals surface area contributed by atoms with E-state index in [1.807, 2.05) is 32.0 Å². The first-order valence-electron chi connectivity index (χ1n) is 7.84. The number of carbonyl (C=O) groups excluding carboxylic acids is 2. The number of nitrogens with one attached hydrogen (secondary N) is 1. The molecule has 0 fully saturated rings. The molecule has 0 saturated carbocycles. The van der Waals surface area contributed by atoms with Gasteiger partial charge in [0.15, 0.2) is 0 Å². The number of halogens is 1. The maximum atomic E-state index is 12.4. The molecule has 3 N–H and O–H groups in total. The van der Waals surface area contributed by atoms with Gasteiger partial charge in [-0.1, -0.05) is 39.0 Å². The van der Waals surface area contributed by atoms with Crippen LogP contribution in [0.15, 0.2) is 24.3 Å². The number of carbonyl (C=O) groups is 2. The number of benzene rings is 1. The zero-order valence-electron chi connectivity index (χ0n) is 13.9. The number of nitrogens with two attached hydrogens (primary N) is 1. The van der Waals surface area contributed by atoms with Crippen molar-refractivity contribution in [2.75, 3.05) is 18.0 Å². The maximum absolute atomic E-state index is 12.4. The number of para-hydroxylation sites is 1. The molecule has 1 aromatic rings. The molecule has 2 amide bonds. The average molecular weight is 340 g/mol. The largest absolute Gasteiger partial charge is 0.346 e. The summed E-state index contributed by atoms with van der Waals surface area (Å²) in [6.45, 7) is 6.61. The molecule has 2 rings (SSSR count). The summed E-state index contributed by atoms with van der Waals surface area (Å²) in [4.78, 5) is 26.1. The van der Waals surface area contributed by atoms with Crippen LogP contribution in [0.3, 0.4) is 0 Å². The van der Waals surface area contributed by atoms with Crippen LogP contribution in [0.5, 0.6) is 0 Å². The molecule has 2 atom stereocenters. The normalized spacial score (nSPS) is 18.0. The molecule has 0 aromatic heterocycles. The van der Waals surface area contributed by atoms with Crippen molar-refractivity contribution in [2.45, 2.75) is 39.2 Å². The molecule has 0 saturated heterocycles. The van der Waals surface area contributed by atoms with Crippen LogP contribution in [0.4, 0.5) is 5.69 Å². The summed E-state index contributed by atoms with van der Waals surface area (Å²) in [6, 6.07) is 7.37. The molecular weight excluding hydrogens is 314 g/mol. The van der Waals surface area contributed by atoms with Gasteiger partial charge in [0.2, 0.25) is 11.8 Å². The molecule has 1 aromatic carbocycles. The number of amides is 2. The summed E-state index contributed by atoms with van der Waals surface area (Å²) < 4.78 is 0. The number of rotatable bonds is 4. The van der Waals surface area contributed by atoms with Crippen molar-refractivity contribution in [2.24, 2.45) is 11.7 Å². The Morgan fingerprint density at radius 1 is 1.35 bits per heavy atom. The van der Waals surface area contributed by atoms with Crippen molar-refractivity contribution in [3.63, 3.8) is 0 Å². The predicted octanol–water partition coefficient (Wildman–Crippen LogP) is 2.05. The monoisotopic (exact) mass is 339 g/mol. The van der Waals surface area contributed by atoms with Crippen molar-refractivity contribution in [1.82, 2.24) is 5.32 Å². The van der Waals surface area contributed by atoms with Gasteiger partial charge in [0.05, 0.1) is 12.6 Å². The second-order valence-electron chi connectivity index (χ2n) is 6.28. The van der Waals surface area contributed by atoms with Gasteiger partial charge in [0.1, 0.15) is 0 Å². The molecule has 0 radical (unpaired) electrons. The minimum absolute atomic E-state index is 0. The van der Waals surface area contributed by atoms with Crippen LogP contribution in [-0.4, -0.2) is 30.9 Å². The lowest BCUT2D eigenvalue weighted by Gasteiger charge is -2.33. The molecule has 0 spiro atoms. The molecular formula is C17H26ClN3O2. The van der Waals surface area contributed by atoms with E-state index >= 15 is 0 Å². The van der Waals surface area contributed by atoms with Gasteiger partial charge in [0, 0.05) is 12.2 Å². The van der Waals surface area contributed by atoms with Crippen molar-refractivity contribution < 1.29 is 9.59 Å². The minimum atomic E-state index is -0.582. The van der Waals surface area contributed by atoms with Gasteiger partial charge in [-0.25, -0.2) is 0 Å². The van der Waals surface area contributed by atoms with Crippen LogP contribution < -0.4 is 16.0 Å². The zero-order chi connectivity index (χ0) is 16.3. The number of nitrogens with zero attached hydrogens (tertiary/aromatic N) is 1. The smallest absolute Gasteiger partial charge is 0.246 e. The van der Waals surface area contributed by atoms with Crippen molar-refractivity contribution in [1.29, 1.82) is 0 Å². The lowest BCUT2D eigenvalue weighted by atomic mass is 9.91. The first kappa shape index (κ1) is 19.5. The summed E-state index contributed by atoms with van der Waals surface area (Å²) in [6.07, 6.45) is 0.933. The molecule has 128 valence electrons. The highest BCUT2D eigenvalue weighted by Crippen LogP contribution is 2.34. The highest BCUT2D eigenvalue weighted by Gasteiger charge is 2.26. The molecule has 1 aliphatic rings. The zero-order valence-corrected chi connectivity index (χ0v) is 14.7. The number of fused-ring (bicyclic) bond motifs is 1. The average Bonchev–Trinajstić information content (AvgIpc) is 2.52.